The number of alkyl halides is 3. The smallest absolute Gasteiger partial charge is 0.376 e. The third-order valence-corrected chi connectivity index (χ3v) is 9.04. The van der Waals surface area contributed by atoms with Crippen LogP contribution in [0, 0.1) is 0 Å². The van der Waals surface area contributed by atoms with Crippen LogP contribution in [0.2, 0.25) is 0 Å². The molecule has 1 aliphatic heterocycles. The van der Waals surface area contributed by atoms with E-state index in [0.717, 1.165) is 43.5 Å². The first-order chi connectivity index (χ1) is 15.4. The second-order valence-electron chi connectivity index (χ2n) is 9.18. The molecular formula is C22H29F3N4O3S. The quantitative estimate of drug-likeness (QED) is 0.703. The van der Waals surface area contributed by atoms with Gasteiger partial charge in [0.25, 0.3) is 0 Å². The Bertz CT molecular complexity index is 1060. The zero-order valence-electron chi connectivity index (χ0n) is 18.6. The number of benzene rings is 1. The molecule has 1 aromatic carbocycles. The van der Waals surface area contributed by atoms with Gasteiger partial charge in [0, 0.05) is 50.2 Å². The fraction of sp³-hybridized carbons (Fsp3) is 0.591. The first-order valence-corrected chi connectivity index (χ1v) is 12.5. The van der Waals surface area contributed by atoms with Crippen molar-refractivity contribution in [2.75, 3.05) is 19.6 Å². The van der Waals surface area contributed by atoms with Crippen molar-refractivity contribution < 1.29 is 26.7 Å². The van der Waals surface area contributed by atoms with Crippen LogP contribution >= 0.6 is 0 Å². The lowest BCUT2D eigenvalue weighted by molar-refractivity contribution is -0.258. The maximum atomic E-state index is 13.2. The van der Waals surface area contributed by atoms with Crippen LogP contribution in [0.15, 0.2) is 47.9 Å². The summed E-state index contributed by atoms with van der Waals surface area (Å²) < 4.78 is 69.2. The highest BCUT2D eigenvalue weighted by atomic mass is 32.2. The van der Waals surface area contributed by atoms with E-state index in [4.69, 9.17) is 0 Å². The molecule has 11 heteroatoms. The summed E-state index contributed by atoms with van der Waals surface area (Å²) in [4.78, 5) is 6.39. The SMILES string of the molecule is C[C@@H]1CN(C2CCC(n3ccnc3)C2)CCN1S(=O)(=O)c1ccc(C(C)(O)C(F)(F)F)cc1. The Morgan fingerprint density at radius 1 is 1.09 bits per heavy atom. The van der Waals surface area contributed by atoms with Gasteiger partial charge in [0.05, 0.1) is 11.2 Å². The van der Waals surface area contributed by atoms with Crippen LogP contribution in [-0.4, -0.2) is 70.2 Å². The molecule has 1 saturated heterocycles. The summed E-state index contributed by atoms with van der Waals surface area (Å²) in [6.45, 7) is 4.03. The third-order valence-electron chi connectivity index (χ3n) is 7.01. The normalized spacial score (nSPS) is 27.5. The first kappa shape index (κ1) is 24.2. The summed E-state index contributed by atoms with van der Waals surface area (Å²) >= 11 is 0. The highest BCUT2D eigenvalue weighted by Gasteiger charge is 2.51. The van der Waals surface area contributed by atoms with Crippen molar-refractivity contribution >= 4 is 10.0 Å². The molecule has 3 unspecified atom stereocenters. The molecule has 33 heavy (non-hydrogen) atoms. The van der Waals surface area contributed by atoms with Gasteiger partial charge in [-0.2, -0.15) is 17.5 Å². The van der Waals surface area contributed by atoms with Crippen LogP contribution in [0.1, 0.15) is 44.7 Å². The van der Waals surface area contributed by atoms with Gasteiger partial charge in [0.1, 0.15) is 0 Å². The molecule has 2 fully saturated rings. The molecule has 0 bridgehead atoms. The molecule has 0 spiro atoms. The molecular weight excluding hydrogens is 457 g/mol. The second-order valence-corrected chi connectivity index (χ2v) is 11.1. The number of rotatable bonds is 5. The molecule has 1 saturated carbocycles. The third kappa shape index (κ3) is 4.55. The van der Waals surface area contributed by atoms with Crippen molar-refractivity contribution in [3.8, 4) is 0 Å². The van der Waals surface area contributed by atoms with Gasteiger partial charge in [-0.05, 0) is 50.8 Å². The Balaban J connectivity index is 1.43. The highest BCUT2D eigenvalue weighted by molar-refractivity contribution is 7.89. The van der Waals surface area contributed by atoms with E-state index in [1.54, 1.807) is 6.20 Å². The Morgan fingerprint density at radius 2 is 1.76 bits per heavy atom. The molecule has 4 rings (SSSR count). The topological polar surface area (TPSA) is 78.7 Å². The highest BCUT2D eigenvalue weighted by Crippen LogP contribution is 2.39. The van der Waals surface area contributed by atoms with Gasteiger partial charge in [-0.15, -0.1) is 0 Å². The zero-order valence-corrected chi connectivity index (χ0v) is 19.4. The van der Waals surface area contributed by atoms with E-state index in [-0.39, 0.29) is 10.9 Å². The Labute approximate surface area is 191 Å². The van der Waals surface area contributed by atoms with Crippen LogP contribution in [0.25, 0.3) is 0 Å². The minimum absolute atomic E-state index is 0.0782. The molecule has 0 radical (unpaired) electrons. The van der Waals surface area contributed by atoms with Crippen molar-refractivity contribution in [3.63, 3.8) is 0 Å². The van der Waals surface area contributed by atoms with Crippen LogP contribution in [-0.2, 0) is 15.6 Å². The summed E-state index contributed by atoms with van der Waals surface area (Å²) in [7, 11) is -3.87. The zero-order chi connectivity index (χ0) is 24.0. The van der Waals surface area contributed by atoms with Crippen molar-refractivity contribution in [1.29, 1.82) is 0 Å². The van der Waals surface area contributed by atoms with Crippen molar-refractivity contribution in [3.05, 3.63) is 48.5 Å². The molecule has 0 amide bonds. The van der Waals surface area contributed by atoms with E-state index in [1.165, 1.54) is 4.31 Å². The molecule has 2 aliphatic rings. The molecule has 1 aliphatic carbocycles. The van der Waals surface area contributed by atoms with Gasteiger partial charge in [-0.25, -0.2) is 13.4 Å². The molecule has 1 aromatic heterocycles. The summed E-state index contributed by atoms with van der Waals surface area (Å²) in [5, 5.41) is 9.82. The number of nitrogens with zero attached hydrogens (tertiary/aromatic N) is 4. The number of piperazine rings is 1. The van der Waals surface area contributed by atoms with Gasteiger partial charge in [0.15, 0.2) is 5.60 Å². The summed E-state index contributed by atoms with van der Waals surface area (Å²) in [5.74, 6) is 0. The van der Waals surface area contributed by atoms with Crippen LogP contribution < -0.4 is 0 Å². The lowest BCUT2D eigenvalue weighted by Crippen LogP contribution is -2.56. The summed E-state index contributed by atoms with van der Waals surface area (Å²) in [6.07, 6.45) is 3.81. The predicted molar refractivity (Wildman–Crippen MR) is 116 cm³/mol. The van der Waals surface area contributed by atoms with Crippen LogP contribution in [0.5, 0.6) is 0 Å². The van der Waals surface area contributed by atoms with Crippen molar-refractivity contribution in [2.24, 2.45) is 0 Å². The number of aromatic nitrogens is 2. The maximum absolute atomic E-state index is 13.2. The average Bonchev–Trinajstić information content (AvgIpc) is 3.44. The van der Waals surface area contributed by atoms with E-state index in [1.807, 2.05) is 19.4 Å². The second kappa shape index (κ2) is 8.68. The average molecular weight is 487 g/mol. The predicted octanol–water partition coefficient (Wildman–Crippen LogP) is 3.14. The van der Waals surface area contributed by atoms with Crippen LogP contribution in [0.3, 0.4) is 0 Å². The molecule has 7 nitrogen and oxygen atoms in total. The van der Waals surface area contributed by atoms with Gasteiger partial charge >= 0.3 is 6.18 Å². The number of aliphatic hydroxyl groups is 1. The molecule has 2 heterocycles. The number of sulfonamides is 1. The van der Waals surface area contributed by atoms with E-state index in [0.29, 0.717) is 38.6 Å². The summed E-state index contributed by atoms with van der Waals surface area (Å²) in [5.41, 5.74) is -3.45. The van der Waals surface area contributed by atoms with Gasteiger partial charge in [-0.3, -0.25) is 4.90 Å². The fourth-order valence-electron chi connectivity index (χ4n) is 4.93. The van der Waals surface area contributed by atoms with Crippen LogP contribution in [0.4, 0.5) is 13.2 Å². The minimum Gasteiger partial charge on any atom is -0.376 e. The van der Waals surface area contributed by atoms with Crippen molar-refractivity contribution in [1.82, 2.24) is 18.8 Å². The Hall–Kier alpha value is -1.95. The fourth-order valence-corrected chi connectivity index (χ4v) is 6.54. The summed E-state index contributed by atoms with van der Waals surface area (Å²) in [6, 6.07) is 4.84. The number of imidazole rings is 1. The Kier molecular flexibility index (Phi) is 6.36. The number of halogens is 3. The monoisotopic (exact) mass is 486 g/mol. The number of hydrogen-bond donors (Lipinski definition) is 1. The Morgan fingerprint density at radius 3 is 2.33 bits per heavy atom. The lowest BCUT2D eigenvalue weighted by atomic mass is 9.96. The molecule has 182 valence electrons. The number of hydrogen-bond acceptors (Lipinski definition) is 5. The van der Waals surface area contributed by atoms with Gasteiger partial charge in [0.2, 0.25) is 10.0 Å². The van der Waals surface area contributed by atoms with E-state index < -0.39 is 27.4 Å². The molecule has 2 aromatic rings. The lowest BCUT2D eigenvalue weighted by Gasteiger charge is -2.41. The maximum Gasteiger partial charge on any atom is 0.421 e. The van der Waals surface area contributed by atoms with E-state index >= 15 is 0 Å². The van der Waals surface area contributed by atoms with E-state index in [9.17, 15) is 26.7 Å². The standard InChI is InChI=1S/C22H29F3N4O3S/c1-16-14-27(18-5-6-19(13-18)28-10-9-26-15-28)11-12-29(16)33(31,32)20-7-3-17(4-8-20)21(2,30)22(23,24)25/h3-4,7-10,15-16,18-19,30H,5-6,11-14H2,1-2H3/t16-,18?,19?,21?/m1/s1. The van der Waals surface area contributed by atoms with E-state index in [2.05, 4.69) is 14.5 Å². The van der Waals surface area contributed by atoms with Gasteiger partial charge in [-0.1, -0.05) is 12.1 Å². The molecule has 4 atom stereocenters. The van der Waals surface area contributed by atoms with Crippen molar-refractivity contribution in [2.45, 2.75) is 67.9 Å². The van der Waals surface area contributed by atoms with Gasteiger partial charge < -0.3 is 9.67 Å². The largest absolute Gasteiger partial charge is 0.421 e. The first-order valence-electron chi connectivity index (χ1n) is 11.0. The molecule has 1 N–H and O–H groups in total. The minimum atomic E-state index is -4.87.